The predicted octanol–water partition coefficient (Wildman–Crippen LogP) is 1.39. The van der Waals surface area contributed by atoms with Crippen molar-refractivity contribution in [1.82, 2.24) is 0 Å². The van der Waals surface area contributed by atoms with Crippen molar-refractivity contribution in [2.24, 2.45) is 0 Å². The minimum atomic E-state index is -1.74. The van der Waals surface area contributed by atoms with Crippen LogP contribution in [0.4, 0.5) is 0 Å². The molecular weight excluding hydrogens is 316 g/mol. The van der Waals surface area contributed by atoms with Crippen LogP contribution >= 0.6 is 0 Å². The first-order valence-electron chi connectivity index (χ1n) is 7.11. The van der Waals surface area contributed by atoms with Gasteiger partial charge < -0.3 is 18.7 Å². The van der Waals surface area contributed by atoms with Gasteiger partial charge in [-0.05, 0) is 19.1 Å². The number of Topliss-reactive ketones (excluding diaryl/α,β-unsaturated/α-hetero) is 1. The molecule has 0 aliphatic carbocycles. The number of benzene rings is 1. The van der Waals surface area contributed by atoms with Crippen LogP contribution in [0.2, 0.25) is 0 Å². The molecule has 0 saturated heterocycles. The molecule has 24 heavy (non-hydrogen) atoms. The number of methoxy groups -OCH3 is 1. The predicted molar refractivity (Wildman–Crippen MR) is 84.1 cm³/mol. The molecule has 2 aromatic rings. The molecule has 1 unspecified atom stereocenters. The van der Waals surface area contributed by atoms with E-state index in [0.717, 1.165) is 6.07 Å². The number of fused-ring (bicyclic) bond motifs is 1. The average molecular weight is 332 g/mol. The summed E-state index contributed by atoms with van der Waals surface area (Å²) >= 11 is 0. The Bertz CT molecular complexity index is 836. The summed E-state index contributed by atoms with van der Waals surface area (Å²) in [5.74, 6) is 0.139. The summed E-state index contributed by atoms with van der Waals surface area (Å²) in [6, 6.07) is 5.79. The van der Waals surface area contributed by atoms with Crippen molar-refractivity contribution in [2.45, 2.75) is 18.9 Å². The topological polar surface area (TPSA) is 99.9 Å². The zero-order chi connectivity index (χ0) is 17.7. The van der Waals surface area contributed by atoms with E-state index in [1.807, 2.05) is 0 Å². The molecule has 7 heteroatoms. The summed E-state index contributed by atoms with van der Waals surface area (Å²) in [5.41, 5.74) is -2.11. The van der Waals surface area contributed by atoms with Crippen molar-refractivity contribution in [1.29, 1.82) is 0 Å². The van der Waals surface area contributed by atoms with Crippen molar-refractivity contribution in [3.05, 3.63) is 40.2 Å². The van der Waals surface area contributed by atoms with E-state index >= 15 is 0 Å². The third-order valence-electron chi connectivity index (χ3n) is 3.52. The van der Waals surface area contributed by atoms with Gasteiger partial charge in [0.15, 0.2) is 17.7 Å². The van der Waals surface area contributed by atoms with Crippen molar-refractivity contribution < 1.29 is 28.3 Å². The molecule has 1 heterocycles. The van der Waals surface area contributed by atoms with Crippen LogP contribution in [0.25, 0.3) is 11.0 Å². The van der Waals surface area contributed by atoms with E-state index in [4.69, 9.17) is 13.9 Å². The molecule has 1 aromatic carbocycles. The Hall–Kier alpha value is -2.80. The summed E-state index contributed by atoms with van der Waals surface area (Å²) in [4.78, 5) is 45.9. The number of ketones is 1. The van der Waals surface area contributed by atoms with Gasteiger partial charge in [-0.3, -0.25) is 9.59 Å². The highest BCUT2D eigenvalue weighted by Crippen LogP contribution is 2.33. The first-order valence-corrected chi connectivity index (χ1v) is 7.11. The lowest BCUT2D eigenvalue weighted by molar-refractivity contribution is -0.143. The molecule has 1 aromatic heterocycles. The highest BCUT2D eigenvalue weighted by molar-refractivity contribution is 5.88. The summed E-state index contributed by atoms with van der Waals surface area (Å²) in [5, 5.41) is 0.410. The van der Waals surface area contributed by atoms with Gasteiger partial charge in [-0.25, -0.2) is 4.79 Å². The lowest BCUT2D eigenvalue weighted by atomic mass is 9.89. The zero-order valence-corrected chi connectivity index (χ0v) is 13.2. The van der Waals surface area contributed by atoms with Gasteiger partial charge in [0.2, 0.25) is 0 Å². The Kier molecular flexibility index (Phi) is 5.25. The fraction of sp³-hybridized carbons (Fsp3) is 0.294. The van der Waals surface area contributed by atoms with E-state index in [9.17, 15) is 19.2 Å². The van der Waals surface area contributed by atoms with Crippen molar-refractivity contribution >= 4 is 29.3 Å². The molecule has 1 atom stereocenters. The number of hydrogen-bond acceptors (Lipinski definition) is 7. The molecule has 0 spiro atoms. The Morgan fingerprint density at radius 2 is 2.04 bits per heavy atom. The molecule has 126 valence electrons. The van der Waals surface area contributed by atoms with Crippen molar-refractivity contribution in [3.8, 4) is 5.75 Å². The summed E-state index contributed by atoms with van der Waals surface area (Å²) < 4.78 is 15.6. The standard InChI is InChI=1S/C17H16O7/c1-11(20)9-23-17(10-19,5-6-18)14-8-16(21)24-15-7-12(22-2)3-4-13(14)15/h3-4,6-8,10H,5,9H2,1-2H3. The SMILES string of the molecule is COc1ccc2c(C(C=O)(CC=O)OCC(C)=O)cc(=O)oc2c1. The van der Waals surface area contributed by atoms with Gasteiger partial charge in [0, 0.05) is 29.5 Å². The monoisotopic (exact) mass is 332 g/mol. The molecule has 0 aliphatic rings. The average Bonchev–Trinajstić information content (AvgIpc) is 2.57. The smallest absolute Gasteiger partial charge is 0.336 e. The zero-order valence-electron chi connectivity index (χ0n) is 13.2. The van der Waals surface area contributed by atoms with E-state index < -0.39 is 11.2 Å². The maximum atomic E-state index is 11.9. The quantitative estimate of drug-likeness (QED) is 0.532. The van der Waals surface area contributed by atoms with Crippen LogP contribution in [0.15, 0.2) is 33.5 Å². The third-order valence-corrected chi connectivity index (χ3v) is 3.52. The largest absolute Gasteiger partial charge is 0.497 e. The lowest BCUT2D eigenvalue weighted by Gasteiger charge is -2.27. The van der Waals surface area contributed by atoms with Gasteiger partial charge in [-0.15, -0.1) is 0 Å². The van der Waals surface area contributed by atoms with E-state index in [-0.39, 0.29) is 30.0 Å². The van der Waals surface area contributed by atoms with Crippen molar-refractivity contribution in [3.63, 3.8) is 0 Å². The molecule has 0 amide bonds. The summed E-state index contributed by atoms with van der Waals surface area (Å²) in [6.45, 7) is 0.920. The van der Waals surface area contributed by atoms with Crippen LogP contribution < -0.4 is 10.4 Å². The van der Waals surface area contributed by atoms with E-state index in [1.165, 1.54) is 20.1 Å². The Morgan fingerprint density at radius 3 is 2.62 bits per heavy atom. The number of aldehydes is 2. The number of carbonyl (C=O) groups is 3. The van der Waals surface area contributed by atoms with Gasteiger partial charge in [0.25, 0.3) is 0 Å². The first-order chi connectivity index (χ1) is 11.5. The number of hydrogen-bond donors (Lipinski definition) is 0. The second-order valence-electron chi connectivity index (χ2n) is 5.21. The summed E-state index contributed by atoms with van der Waals surface area (Å²) in [7, 11) is 1.46. The van der Waals surface area contributed by atoms with Crippen LogP contribution in [0.5, 0.6) is 5.75 Å². The molecule has 0 saturated carbocycles. The minimum Gasteiger partial charge on any atom is -0.497 e. The highest BCUT2D eigenvalue weighted by atomic mass is 16.5. The number of rotatable bonds is 8. The number of carbonyl (C=O) groups excluding carboxylic acids is 3. The molecule has 2 rings (SSSR count). The maximum Gasteiger partial charge on any atom is 0.336 e. The van der Waals surface area contributed by atoms with Gasteiger partial charge in [-0.1, -0.05) is 0 Å². The van der Waals surface area contributed by atoms with E-state index in [2.05, 4.69) is 0 Å². The lowest BCUT2D eigenvalue weighted by Crippen LogP contribution is -2.35. The van der Waals surface area contributed by atoms with Gasteiger partial charge in [-0.2, -0.15) is 0 Å². The Morgan fingerprint density at radius 1 is 1.29 bits per heavy atom. The fourth-order valence-corrected chi connectivity index (χ4v) is 2.37. The molecule has 7 nitrogen and oxygen atoms in total. The summed E-state index contributed by atoms with van der Waals surface area (Å²) in [6.07, 6.45) is 0.579. The number of ether oxygens (including phenoxy) is 2. The molecule has 0 aliphatic heterocycles. The van der Waals surface area contributed by atoms with Gasteiger partial charge >= 0.3 is 5.63 Å². The Labute approximate surface area is 137 Å². The maximum absolute atomic E-state index is 11.9. The van der Waals surface area contributed by atoms with Crippen molar-refractivity contribution in [2.75, 3.05) is 13.7 Å². The molecule has 0 bridgehead atoms. The Balaban J connectivity index is 2.72. The van der Waals surface area contributed by atoms with Gasteiger partial charge in [0.1, 0.15) is 24.2 Å². The second-order valence-corrected chi connectivity index (χ2v) is 5.21. The van der Waals surface area contributed by atoms with Crippen LogP contribution in [0.1, 0.15) is 18.9 Å². The third kappa shape index (κ3) is 3.41. The van der Waals surface area contributed by atoms with E-state index in [0.29, 0.717) is 23.7 Å². The highest BCUT2D eigenvalue weighted by Gasteiger charge is 2.36. The molecule has 0 radical (unpaired) electrons. The van der Waals surface area contributed by atoms with Crippen LogP contribution in [-0.4, -0.2) is 32.1 Å². The van der Waals surface area contributed by atoms with Crippen LogP contribution in [0, 0.1) is 0 Å². The molecule has 0 fully saturated rings. The van der Waals surface area contributed by atoms with E-state index in [1.54, 1.807) is 12.1 Å². The second kappa shape index (κ2) is 7.18. The molecular formula is C17H16O7. The molecule has 0 N–H and O–H groups in total. The first kappa shape index (κ1) is 17.6. The minimum absolute atomic E-state index is 0.166. The van der Waals surface area contributed by atoms with Gasteiger partial charge in [0.05, 0.1) is 7.11 Å². The van der Waals surface area contributed by atoms with Crippen LogP contribution in [0.3, 0.4) is 0 Å². The normalized spacial score (nSPS) is 13.2. The van der Waals surface area contributed by atoms with Crippen LogP contribution in [-0.2, 0) is 24.7 Å². The fourth-order valence-electron chi connectivity index (χ4n) is 2.37.